The molecule has 3 nitrogen and oxygen atoms in total. The molecule has 0 fully saturated rings. The van der Waals surface area contributed by atoms with Gasteiger partial charge in [-0.05, 0) is 36.6 Å². The Morgan fingerprint density at radius 2 is 2.29 bits per heavy atom. The molecule has 0 amide bonds. The monoisotopic (exact) mass is 213 g/mol. The molecule has 0 heterocycles. The molecule has 0 bridgehead atoms. The van der Waals surface area contributed by atoms with E-state index in [1.807, 2.05) is 6.92 Å². The van der Waals surface area contributed by atoms with E-state index in [0.717, 1.165) is 11.1 Å². The SMILES string of the molecule is Cc1cc(Cl)ccc1C[C@H](N)C(=O)O. The van der Waals surface area contributed by atoms with Gasteiger partial charge in [0.15, 0.2) is 0 Å². The zero-order valence-corrected chi connectivity index (χ0v) is 8.58. The zero-order valence-electron chi connectivity index (χ0n) is 7.83. The molecule has 76 valence electrons. The van der Waals surface area contributed by atoms with Crippen molar-refractivity contribution in [2.75, 3.05) is 0 Å². The van der Waals surface area contributed by atoms with Crippen molar-refractivity contribution in [2.45, 2.75) is 19.4 Å². The Labute approximate surface area is 87.5 Å². The maximum Gasteiger partial charge on any atom is 0.320 e. The Bertz CT molecular complexity index is 352. The largest absolute Gasteiger partial charge is 0.480 e. The number of aliphatic carboxylic acids is 1. The summed E-state index contributed by atoms with van der Waals surface area (Å²) in [6.45, 7) is 1.88. The molecule has 0 aliphatic carbocycles. The molecule has 4 heteroatoms. The Morgan fingerprint density at radius 1 is 1.64 bits per heavy atom. The molecular weight excluding hydrogens is 202 g/mol. The molecule has 1 rings (SSSR count). The van der Waals surface area contributed by atoms with Gasteiger partial charge in [-0.2, -0.15) is 0 Å². The predicted octanol–water partition coefficient (Wildman–Crippen LogP) is 1.60. The summed E-state index contributed by atoms with van der Waals surface area (Å²) in [6.07, 6.45) is 0.332. The van der Waals surface area contributed by atoms with Crippen LogP contribution in [0.5, 0.6) is 0 Å². The normalized spacial score (nSPS) is 12.5. The molecule has 0 saturated carbocycles. The number of benzene rings is 1. The van der Waals surface area contributed by atoms with Gasteiger partial charge in [-0.25, -0.2) is 0 Å². The minimum absolute atomic E-state index is 0.332. The Hall–Kier alpha value is -1.06. The Balaban J connectivity index is 2.82. The van der Waals surface area contributed by atoms with E-state index < -0.39 is 12.0 Å². The van der Waals surface area contributed by atoms with E-state index in [0.29, 0.717) is 11.4 Å². The fourth-order valence-electron chi connectivity index (χ4n) is 1.21. The number of nitrogens with two attached hydrogens (primary N) is 1. The van der Waals surface area contributed by atoms with Crippen LogP contribution in [0.25, 0.3) is 0 Å². The van der Waals surface area contributed by atoms with Crippen LogP contribution in [0.2, 0.25) is 5.02 Å². The van der Waals surface area contributed by atoms with Gasteiger partial charge in [-0.15, -0.1) is 0 Å². The smallest absolute Gasteiger partial charge is 0.320 e. The topological polar surface area (TPSA) is 63.3 Å². The molecule has 0 spiro atoms. The van der Waals surface area contributed by atoms with Crippen molar-refractivity contribution < 1.29 is 9.90 Å². The Morgan fingerprint density at radius 3 is 2.79 bits per heavy atom. The fourth-order valence-corrected chi connectivity index (χ4v) is 1.44. The van der Waals surface area contributed by atoms with Crippen LogP contribution in [-0.2, 0) is 11.2 Å². The second-order valence-corrected chi connectivity index (χ2v) is 3.66. The quantitative estimate of drug-likeness (QED) is 0.802. The van der Waals surface area contributed by atoms with E-state index in [1.165, 1.54) is 0 Å². The van der Waals surface area contributed by atoms with Crippen LogP contribution in [0.3, 0.4) is 0 Å². The number of hydrogen-bond donors (Lipinski definition) is 2. The highest BCUT2D eigenvalue weighted by molar-refractivity contribution is 6.30. The van der Waals surface area contributed by atoms with Crippen molar-refractivity contribution in [3.63, 3.8) is 0 Å². The lowest BCUT2D eigenvalue weighted by atomic mass is 10.0. The number of rotatable bonds is 3. The number of carboxylic acid groups (broad SMARTS) is 1. The van der Waals surface area contributed by atoms with E-state index >= 15 is 0 Å². The van der Waals surface area contributed by atoms with Crippen LogP contribution in [0.1, 0.15) is 11.1 Å². The van der Waals surface area contributed by atoms with Gasteiger partial charge in [-0.3, -0.25) is 4.79 Å². The van der Waals surface area contributed by atoms with Gasteiger partial charge >= 0.3 is 5.97 Å². The number of carboxylic acids is 1. The van der Waals surface area contributed by atoms with Gasteiger partial charge in [0.1, 0.15) is 6.04 Å². The molecule has 0 aliphatic heterocycles. The van der Waals surface area contributed by atoms with E-state index in [-0.39, 0.29) is 0 Å². The molecule has 0 saturated heterocycles. The first-order chi connectivity index (χ1) is 6.50. The lowest BCUT2D eigenvalue weighted by molar-refractivity contribution is -0.138. The van der Waals surface area contributed by atoms with E-state index in [2.05, 4.69) is 0 Å². The first kappa shape index (κ1) is 11.0. The number of carbonyl (C=O) groups is 1. The van der Waals surface area contributed by atoms with Crippen LogP contribution in [0.15, 0.2) is 18.2 Å². The average Bonchev–Trinajstić information content (AvgIpc) is 2.09. The standard InChI is InChI=1S/C10H12ClNO2/c1-6-4-8(11)3-2-7(6)5-9(12)10(13)14/h2-4,9H,5,12H2,1H3,(H,13,14)/t9-/m0/s1. The van der Waals surface area contributed by atoms with Gasteiger partial charge in [0, 0.05) is 5.02 Å². The van der Waals surface area contributed by atoms with Crippen molar-refractivity contribution in [3.8, 4) is 0 Å². The average molecular weight is 214 g/mol. The summed E-state index contributed by atoms with van der Waals surface area (Å²) in [5.41, 5.74) is 7.31. The summed E-state index contributed by atoms with van der Waals surface area (Å²) in [4.78, 5) is 10.5. The summed E-state index contributed by atoms with van der Waals surface area (Å²) in [7, 11) is 0. The maximum atomic E-state index is 10.5. The van der Waals surface area contributed by atoms with Crippen molar-refractivity contribution in [3.05, 3.63) is 34.3 Å². The highest BCUT2D eigenvalue weighted by Gasteiger charge is 2.13. The van der Waals surface area contributed by atoms with Crippen LogP contribution in [0.4, 0.5) is 0 Å². The lowest BCUT2D eigenvalue weighted by Gasteiger charge is -2.09. The highest BCUT2D eigenvalue weighted by atomic mass is 35.5. The van der Waals surface area contributed by atoms with Gasteiger partial charge in [0.05, 0.1) is 0 Å². The molecule has 14 heavy (non-hydrogen) atoms. The summed E-state index contributed by atoms with van der Waals surface area (Å²) in [5.74, 6) is -0.987. The minimum Gasteiger partial charge on any atom is -0.480 e. The van der Waals surface area contributed by atoms with Crippen LogP contribution < -0.4 is 5.73 Å². The zero-order chi connectivity index (χ0) is 10.7. The summed E-state index contributed by atoms with van der Waals surface area (Å²) in [5, 5.41) is 9.29. The predicted molar refractivity (Wildman–Crippen MR) is 55.5 cm³/mol. The van der Waals surface area contributed by atoms with Crippen molar-refractivity contribution in [1.29, 1.82) is 0 Å². The lowest BCUT2D eigenvalue weighted by Crippen LogP contribution is -2.32. The molecule has 1 atom stereocenters. The summed E-state index contributed by atoms with van der Waals surface area (Å²) in [6, 6.07) is 4.49. The number of halogens is 1. The number of hydrogen-bond acceptors (Lipinski definition) is 2. The molecule has 0 unspecified atom stereocenters. The van der Waals surface area contributed by atoms with Crippen molar-refractivity contribution in [1.82, 2.24) is 0 Å². The first-order valence-electron chi connectivity index (χ1n) is 4.24. The first-order valence-corrected chi connectivity index (χ1v) is 4.62. The van der Waals surface area contributed by atoms with E-state index in [4.69, 9.17) is 22.4 Å². The molecular formula is C10H12ClNO2. The number of aryl methyl sites for hydroxylation is 1. The third kappa shape index (κ3) is 2.72. The Kier molecular flexibility index (Phi) is 3.49. The van der Waals surface area contributed by atoms with Gasteiger partial charge in [-0.1, -0.05) is 17.7 Å². The van der Waals surface area contributed by atoms with Gasteiger partial charge in [0.2, 0.25) is 0 Å². The minimum atomic E-state index is -0.987. The van der Waals surface area contributed by atoms with Gasteiger partial charge < -0.3 is 10.8 Å². The molecule has 0 radical (unpaired) electrons. The molecule has 0 aromatic heterocycles. The van der Waals surface area contributed by atoms with Crippen LogP contribution in [0, 0.1) is 6.92 Å². The highest BCUT2D eigenvalue weighted by Crippen LogP contribution is 2.16. The van der Waals surface area contributed by atoms with Crippen LogP contribution >= 0.6 is 11.6 Å². The van der Waals surface area contributed by atoms with E-state index in [1.54, 1.807) is 18.2 Å². The van der Waals surface area contributed by atoms with E-state index in [9.17, 15) is 4.79 Å². The summed E-state index contributed by atoms with van der Waals surface area (Å²) >= 11 is 5.77. The molecule has 3 N–H and O–H groups in total. The van der Waals surface area contributed by atoms with Crippen LogP contribution in [-0.4, -0.2) is 17.1 Å². The molecule has 0 aliphatic rings. The second-order valence-electron chi connectivity index (χ2n) is 3.22. The maximum absolute atomic E-state index is 10.5. The van der Waals surface area contributed by atoms with Crippen molar-refractivity contribution >= 4 is 17.6 Å². The third-order valence-electron chi connectivity index (χ3n) is 2.06. The second kappa shape index (κ2) is 4.44. The third-order valence-corrected chi connectivity index (χ3v) is 2.30. The molecule has 1 aromatic rings. The molecule has 1 aromatic carbocycles. The fraction of sp³-hybridized carbons (Fsp3) is 0.300. The van der Waals surface area contributed by atoms with Gasteiger partial charge in [0.25, 0.3) is 0 Å². The van der Waals surface area contributed by atoms with Crippen molar-refractivity contribution in [2.24, 2.45) is 5.73 Å². The summed E-state index contributed by atoms with van der Waals surface area (Å²) < 4.78 is 0.